The fourth-order valence-corrected chi connectivity index (χ4v) is 7.31. The standard InChI is InChI=1S/C21H29N5O3.C18H23ClN6O2/c1-12(2)9-26-17(27)11-25(20-18(26)21(29-7)24-15(5)23-20)10-16-14(4)19(28-6)13(3)8-22-16;1-10-7-21-13(11(2)16(10)27-4)8-24-9-14(26)25(6-5-20)15-17(19)22-12(3)23-18(15)24/h8,12H,9-11H2,1-7H3;7H,5-6,8-9,20H2,1-4H3. The molecule has 0 unspecified atom stereocenters. The number of fused-ring (bicyclic) bond motifs is 2. The predicted octanol–water partition coefficient (Wildman–Crippen LogP) is 4.59. The van der Waals surface area contributed by atoms with E-state index in [1.807, 2.05) is 44.4 Å². The number of nitrogens with zero attached hydrogens (tertiary/aromatic N) is 10. The van der Waals surface area contributed by atoms with Crippen LogP contribution < -0.4 is 39.5 Å². The summed E-state index contributed by atoms with van der Waals surface area (Å²) in [6, 6.07) is 0. The molecule has 0 atom stereocenters. The molecule has 6 rings (SSSR count). The van der Waals surface area contributed by atoms with E-state index < -0.39 is 0 Å². The highest BCUT2D eigenvalue weighted by Gasteiger charge is 2.36. The van der Waals surface area contributed by atoms with Crippen molar-refractivity contribution in [3.8, 4) is 17.4 Å². The van der Waals surface area contributed by atoms with Crippen LogP contribution in [0.2, 0.25) is 5.15 Å². The third kappa shape index (κ3) is 8.55. The summed E-state index contributed by atoms with van der Waals surface area (Å²) in [5.41, 5.74) is 12.3. The number of carbonyl (C=O) groups excluding carboxylic acids is 2. The summed E-state index contributed by atoms with van der Waals surface area (Å²) >= 11 is 6.36. The molecule has 300 valence electrons. The zero-order valence-electron chi connectivity index (χ0n) is 34.2. The van der Waals surface area contributed by atoms with Gasteiger partial charge in [-0.1, -0.05) is 25.4 Å². The Bertz CT molecular complexity index is 2110. The molecule has 0 aliphatic carbocycles. The average Bonchev–Trinajstić information content (AvgIpc) is 3.14. The minimum atomic E-state index is -0.0981. The lowest BCUT2D eigenvalue weighted by atomic mass is 10.1. The molecule has 2 aliphatic rings. The first-order chi connectivity index (χ1) is 26.6. The average molecular weight is 790 g/mol. The fourth-order valence-electron chi connectivity index (χ4n) is 7.00. The summed E-state index contributed by atoms with van der Waals surface area (Å²) in [5.74, 6) is 4.66. The molecule has 0 spiro atoms. The van der Waals surface area contributed by atoms with Crippen LogP contribution in [0.15, 0.2) is 12.4 Å². The largest absolute Gasteiger partial charge is 0.496 e. The predicted molar refractivity (Wildman–Crippen MR) is 216 cm³/mol. The van der Waals surface area contributed by atoms with E-state index in [2.05, 4.69) is 43.8 Å². The van der Waals surface area contributed by atoms with Gasteiger partial charge in [0.05, 0.1) is 58.9 Å². The van der Waals surface area contributed by atoms with E-state index in [-0.39, 0.29) is 30.1 Å². The van der Waals surface area contributed by atoms with Crippen LogP contribution in [0.4, 0.5) is 23.0 Å². The van der Waals surface area contributed by atoms with Crippen LogP contribution in [0.1, 0.15) is 59.1 Å². The minimum Gasteiger partial charge on any atom is -0.496 e. The molecule has 4 aromatic heterocycles. The van der Waals surface area contributed by atoms with Crippen molar-refractivity contribution in [1.82, 2.24) is 29.9 Å². The maximum atomic E-state index is 13.0. The number of aryl methyl sites for hydroxylation is 4. The van der Waals surface area contributed by atoms with Crippen LogP contribution in [-0.2, 0) is 22.7 Å². The highest BCUT2D eigenvalue weighted by molar-refractivity contribution is 6.33. The summed E-state index contributed by atoms with van der Waals surface area (Å²) in [7, 11) is 4.86. The number of rotatable bonds is 11. The maximum absolute atomic E-state index is 13.0. The molecule has 56 heavy (non-hydrogen) atoms. The van der Waals surface area contributed by atoms with Gasteiger partial charge in [-0.25, -0.2) is 15.0 Å². The Balaban J connectivity index is 0.000000215. The van der Waals surface area contributed by atoms with Crippen molar-refractivity contribution in [3.63, 3.8) is 0 Å². The van der Waals surface area contributed by atoms with Gasteiger partial charge in [0.25, 0.3) is 0 Å². The summed E-state index contributed by atoms with van der Waals surface area (Å²) in [5, 5.41) is 0.246. The van der Waals surface area contributed by atoms with Crippen LogP contribution in [0, 0.1) is 47.5 Å². The smallest absolute Gasteiger partial charge is 0.246 e. The number of pyridine rings is 2. The molecule has 0 bridgehead atoms. The molecule has 0 aromatic carbocycles. The lowest BCUT2D eigenvalue weighted by Gasteiger charge is -2.37. The number of amides is 2. The maximum Gasteiger partial charge on any atom is 0.246 e. The van der Waals surface area contributed by atoms with E-state index in [4.69, 9.17) is 31.5 Å². The molecular formula is C39H52ClN11O5. The number of methoxy groups -OCH3 is 3. The number of anilines is 4. The Morgan fingerprint density at radius 2 is 1.20 bits per heavy atom. The molecule has 0 saturated heterocycles. The Morgan fingerprint density at radius 1 is 0.714 bits per heavy atom. The van der Waals surface area contributed by atoms with Crippen molar-refractivity contribution in [1.29, 1.82) is 0 Å². The zero-order valence-corrected chi connectivity index (χ0v) is 34.9. The first-order valence-electron chi connectivity index (χ1n) is 18.4. The van der Waals surface area contributed by atoms with Gasteiger partial charge in [0.1, 0.15) is 34.5 Å². The van der Waals surface area contributed by atoms with E-state index in [9.17, 15) is 9.59 Å². The molecule has 16 nitrogen and oxygen atoms in total. The van der Waals surface area contributed by atoms with E-state index >= 15 is 0 Å². The Morgan fingerprint density at radius 3 is 1.66 bits per heavy atom. The fraction of sp³-hybridized carbons (Fsp3) is 0.487. The van der Waals surface area contributed by atoms with Gasteiger partial charge in [-0.05, 0) is 47.5 Å². The van der Waals surface area contributed by atoms with Crippen LogP contribution >= 0.6 is 11.6 Å². The summed E-state index contributed by atoms with van der Waals surface area (Å²) in [4.78, 5) is 59.8. The number of aromatic nitrogens is 6. The molecule has 2 N–H and O–H groups in total. The zero-order chi connectivity index (χ0) is 41.0. The minimum absolute atomic E-state index is 0.00585. The van der Waals surface area contributed by atoms with Crippen LogP contribution in [-0.4, -0.2) is 95.8 Å². The van der Waals surface area contributed by atoms with Crippen LogP contribution in [0.3, 0.4) is 0 Å². The lowest BCUT2D eigenvalue weighted by Crippen LogP contribution is -2.48. The van der Waals surface area contributed by atoms with Gasteiger partial charge in [-0.15, -0.1) is 0 Å². The van der Waals surface area contributed by atoms with Crippen molar-refractivity contribution in [2.45, 2.75) is 68.5 Å². The Kier molecular flexibility index (Phi) is 13.2. The third-order valence-electron chi connectivity index (χ3n) is 9.55. The topological polar surface area (TPSA) is 178 Å². The van der Waals surface area contributed by atoms with E-state index in [0.29, 0.717) is 79.2 Å². The molecule has 0 fully saturated rings. The molecular weight excluding hydrogens is 738 g/mol. The highest BCUT2D eigenvalue weighted by Crippen LogP contribution is 2.41. The number of hydrogen-bond acceptors (Lipinski definition) is 14. The van der Waals surface area contributed by atoms with Crippen molar-refractivity contribution in [3.05, 3.63) is 62.8 Å². The van der Waals surface area contributed by atoms with E-state index in [1.165, 1.54) is 0 Å². The normalized spacial score (nSPS) is 13.8. The molecule has 2 amide bonds. The Hall–Kier alpha value is -5.35. The SMILES string of the molecule is COc1c(C)cnc(CN2CC(=O)N(CCN)c3c(Cl)nc(C)nc32)c1C.COc1nc(C)nc2c1N(CC(C)C)C(=O)CN2Cc1ncc(C)c(OC)c1C. The molecule has 0 radical (unpaired) electrons. The van der Waals surface area contributed by atoms with Crippen molar-refractivity contribution < 1.29 is 23.8 Å². The first kappa shape index (κ1) is 41.8. The van der Waals surface area contributed by atoms with Gasteiger partial charge in [0, 0.05) is 54.3 Å². The number of nitrogens with two attached hydrogens (primary N) is 1. The second kappa shape index (κ2) is 17.6. The van der Waals surface area contributed by atoms with Gasteiger partial charge in [-0.3, -0.25) is 19.6 Å². The van der Waals surface area contributed by atoms with Crippen molar-refractivity contribution >= 4 is 46.4 Å². The van der Waals surface area contributed by atoms with E-state index in [0.717, 1.165) is 45.1 Å². The first-order valence-corrected chi connectivity index (χ1v) is 18.8. The monoisotopic (exact) mass is 789 g/mol. The highest BCUT2D eigenvalue weighted by atomic mass is 35.5. The van der Waals surface area contributed by atoms with Gasteiger partial charge < -0.3 is 39.5 Å². The second-order valence-electron chi connectivity index (χ2n) is 14.2. The summed E-state index contributed by atoms with van der Waals surface area (Å²) < 4.78 is 16.5. The van der Waals surface area contributed by atoms with Gasteiger partial charge in [-0.2, -0.15) is 4.98 Å². The van der Waals surface area contributed by atoms with Gasteiger partial charge >= 0.3 is 0 Å². The molecule has 6 heterocycles. The Labute approximate surface area is 333 Å². The quantitative estimate of drug-likeness (QED) is 0.209. The van der Waals surface area contributed by atoms with Gasteiger partial charge in [0.2, 0.25) is 17.7 Å². The molecule has 2 aliphatic heterocycles. The molecule has 0 saturated carbocycles. The van der Waals surface area contributed by atoms with Crippen LogP contribution in [0.5, 0.6) is 17.4 Å². The number of hydrogen-bond donors (Lipinski definition) is 1. The number of halogens is 1. The summed E-state index contributed by atoms with van der Waals surface area (Å²) in [6.07, 6.45) is 3.57. The molecule has 4 aromatic rings. The van der Waals surface area contributed by atoms with E-state index in [1.54, 1.807) is 50.4 Å². The third-order valence-corrected chi connectivity index (χ3v) is 9.81. The van der Waals surface area contributed by atoms with Crippen molar-refractivity contribution in [2.24, 2.45) is 11.7 Å². The van der Waals surface area contributed by atoms with Crippen LogP contribution in [0.25, 0.3) is 0 Å². The number of carbonyl (C=O) groups is 2. The lowest BCUT2D eigenvalue weighted by molar-refractivity contribution is -0.118. The second-order valence-corrected chi connectivity index (χ2v) is 14.6. The molecule has 17 heteroatoms. The number of ether oxygens (including phenoxy) is 3. The van der Waals surface area contributed by atoms with Gasteiger partial charge in [0.15, 0.2) is 16.8 Å². The van der Waals surface area contributed by atoms with Crippen molar-refractivity contribution in [2.75, 3.05) is 73.7 Å². The summed E-state index contributed by atoms with van der Waals surface area (Å²) in [6.45, 7) is 18.1.